The molecule has 10 heteroatoms. The van der Waals surface area contributed by atoms with E-state index in [0.29, 0.717) is 16.4 Å². The molecule has 0 saturated carbocycles. The Bertz CT molecular complexity index is 1290. The zero-order valence-corrected chi connectivity index (χ0v) is 18.9. The van der Waals surface area contributed by atoms with Crippen molar-refractivity contribution >= 4 is 61.5 Å². The summed E-state index contributed by atoms with van der Waals surface area (Å²) >= 11 is 16.4. The SMILES string of the molecule is O=C(Nc1nc(-c2ccc(Br)cc2)cs1)c1ccc(-n2ncc(Cl)c(Cl)c2=O)cc1. The lowest BCUT2D eigenvalue weighted by molar-refractivity contribution is 0.102. The number of halogens is 3. The topological polar surface area (TPSA) is 76.9 Å². The van der Waals surface area contributed by atoms with Crippen LogP contribution in [0.3, 0.4) is 0 Å². The van der Waals surface area contributed by atoms with Crippen LogP contribution in [0, 0.1) is 0 Å². The van der Waals surface area contributed by atoms with Crippen molar-refractivity contribution in [2.75, 3.05) is 5.32 Å². The minimum atomic E-state index is -0.537. The van der Waals surface area contributed by atoms with Gasteiger partial charge in [0.25, 0.3) is 11.5 Å². The van der Waals surface area contributed by atoms with E-state index in [4.69, 9.17) is 23.2 Å². The highest BCUT2D eigenvalue weighted by Gasteiger charge is 2.12. The maximum absolute atomic E-state index is 12.5. The number of nitrogens with zero attached hydrogens (tertiary/aromatic N) is 3. The van der Waals surface area contributed by atoms with Gasteiger partial charge in [0.05, 0.1) is 22.6 Å². The Labute approximate surface area is 193 Å². The number of rotatable bonds is 4. The van der Waals surface area contributed by atoms with E-state index < -0.39 is 5.56 Å². The summed E-state index contributed by atoms with van der Waals surface area (Å²) in [4.78, 5) is 29.2. The van der Waals surface area contributed by atoms with Crippen LogP contribution < -0.4 is 10.9 Å². The van der Waals surface area contributed by atoms with Crippen LogP contribution in [0.4, 0.5) is 5.13 Å². The molecule has 6 nitrogen and oxygen atoms in total. The molecule has 30 heavy (non-hydrogen) atoms. The maximum Gasteiger partial charge on any atom is 0.291 e. The lowest BCUT2D eigenvalue weighted by Gasteiger charge is -2.07. The summed E-state index contributed by atoms with van der Waals surface area (Å²) in [6.07, 6.45) is 1.29. The predicted octanol–water partition coefficient (Wildman–Crippen LogP) is 5.68. The van der Waals surface area contributed by atoms with Gasteiger partial charge < -0.3 is 0 Å². The van der Waals surface area contributed by atoms with Gasteiger partial charge >= 0.3 is 0 Å². The van der Waals surface area contributed by atoms with Crippen LogP contribution in [-0.4, -0.2) is 20.7 Å². The molecule has 1 N–H and O–H groups in total. The quantitative estimate of drug-likeness (QED) is 0.375. The summed E-state index contributed by atoms with van der Waals surface area (Å²) in [5.41, 5.74) is 2.07. The van der Waals surface area contributed by atoms with Gasteiger partial charge in [0.2, 0.25) is 0 Å². The van der Waals surface area contributed by atoms with Crippen LogP contribution in [0.5, 0.6) is 0 Å². The Morgan fingerprint density at radius 3 is 2.47 bits per heavy atom. The van der Waals surface area contributed by atoms with Crippen LogP contribution in [0.2, 0.25) is 10.0 Å². The second-order valence-electron chi connectivity index (χ2n) is 6.07. The molecule has 1 amide bonds. The van der Waals surface area contributed by atoms with E-state index in [1.165, 1.54) is 17.5 Å². The molecule has 0 aliphatic carbocycles. The van der Waals surface area contributed by atoms with E-state index in [2.05, 4.69) is 31.3 Å². The lowest BCUT2D eigenvalue weighted by Crippen LogP contribution is -2.21. The molecular weight excluding hydrogens is 511 g/mol. The molecule has 4 aromatic rings. The third kappa shape index (κ3) is 4.32. The molecule has 0 saturated heterocycles. The van der Waals surface area contributed by atoms with Gasteiger partial charge in [0.15, 0.2) is 5.13 Å². The summed E-state index contributed by atoms with van der Waals surface area (Å²) < 4.78 is 2.10. The van der Waals surface area contributed by atoms with E-state index in [9.17, 15) is 9.59 Å². The molecule has 0 unspecified atom stereocenters. The minimum Gasteiger partial charge on any atom is -0.298 e. The van der Waals surface area contributed by atoms with Gasteiger partial charge in [-0.15, -0.1) is 11.3 Å². The largest absolute Gasteiger partial charge is 0.298 e. The summed E-state index contributed by atoms with van der Waals surface area (Å²) in [5, 5.41) is 9.09. The minimum absolute atomic E-state index is 0.0832. The van der Waals surface area contributed by atoms with Crippen molar-refractivity contribution < 1.29 is 4.79 Å². The first kappa shape index (κ1) is 20.7. The number of amides is 1. The number of aromatic nitrogens is 3. The molecule has 2 aromatic carbocycles. The number of hydrogen-bond acceptors (Lipinski definition) is 5. The Morgan fingerprint density at radius 1 is 1.07 bits per heavy atom. The van der Waals surface area contributed by atoms with Crippen molar-refractivity contribution in [2.24, 2.45) is 0 Å². The second-order valence-corrected chi connectivity index (χ2v) is 8.63. The van der Waals surface area contributed by atoms with Crippen molar-refractivity contribution in [3.8, 4) is 16.9 Å². The smallest absolute Gasteiger partial charge is 0.291 e. The Hall–Kier alpha value is -2.52. The second kappa shape index (κ2) is 8.69. The average molecular weight is 522 g/mol. The number of nitrogens with one attached hydrogen (secondary N) is 1. The first-order chi connectivity index (χ1) is 14.4. The van der Waals surface area contributed by atoms with Crippen molar-refractivity contribution in [1.29, 1.82) is 0 Å². The fourth-order valence-corrected chi connectivity index (χ4v) is 3.84. The van der Waals surface area contributed by atoms with Crippen molar-refractivity contribution in [3.05, 3.63) is 90.5 Å². The van der Waals surface area contributed by atoms with Gasteiger partial charge in [-0.1, -0.05) is 51.3 Å². The summed E-state index contributed by atoms with van der Waals surface area (Å²) in [5.74, 6) is -0.312. The standard InChI is InChI=1S/C20H11BrCl2N4O2S/c21-13-5-1-11(2-6-13)16-10-30-20(25-16)26-18(28)12-3-7-14(8-4-12)27-19(29)17(23)15(22)9-24-27/h1-10H,(H,25,26,28). The fraction of sp³-hybridized carbons (Fsp3) is 0. The van der Waals surface area contributed by atoms with E-state index in [1.807, 2.05) is 29.6 Å². The van der Waals surface area contributed by atoms with Crippen LogP contribution >= 0.6 is 50.5 Å². The molecular formula is C20H11BrCl2N4O2S. The molecule has 4 rings (SSSR count). The van der Waals surface area contributed by atoms with Crippen LogP contribution in [0.15, 0.2) is 69.4 Å². The van der Waals surface area contributed by atoms with E-state index in [-0.39, 0.29) is 16.0 Å². The number of benzene rings is 2. The molecule has 0 atom stereocenters. The van der Waals surface area contributed by atoms with Crippen LogP contribution in [0.1, 0.15) is 10.4 Å². The van der Waals surface area contributed by atoms with Crippen LogP contribution in [-0.2, 0) is 0 Å². The number of carbonyl (C=O) groups excluding carboxylic acids is 1. The highest BCUT2D eigenvalue weighted by Crippen LogP contribution is 2.26. The third-order valence-corrected chi connectivity index (χ3v) is 6.15. The van der Waals surface area contributed by atoms with Gasteiger partial charge in [-0.05, 0) is 36.4 Å². The Kier molecular flexibility index (Phi) is 6.01. The predicted molar refractivity (Wildman–Crippen MR) is 123 cm³/mol. The molecule has 0 bridgehead atoms. The zero-order chi connectivity index (χ0) is 21.3. The highest BCUT2D eigenvalue weighted by molar-refractivity contribution is 9.10. The van der Waals surface area contributed by atoms with Gasteiger partial charge in [-0.3, -0.25) is 14.9 Å². The summed E-state index contributed by atoms with van der Waals surface area (Å²) in [7, 11) is 0. The van der Waals surface area contributed by atoms with Gasteiger partial charge in [-0.2, -0.15) is 9.78 Å². The monoisotopic (exact) mass is 520 g/mol. The van der Waals surface area contributed by atoms with Crippen LogP contribution in [0.25, 0.3) is 16.9 Å². The first-order valence-electron chi connectivity index (χ1n) is 8.49. The summed E-state index contributed by atoms with van der Waals surface area (Å²) in [6.45, 7) is 0. The molecule has 0 aliphatic rings. The Morgan fingerprint density at radius 2 is 1.77 bits per heavy atom. The van der Waals surface area contributed by atoms with Crippen molar-refractivity contribution in [1.82, 2.24) is 14.8 Å². The maximum atomic E-state index is 12.5. The van der Waals surface area contributed by atoms with Crippen molar-refractivity contribution in [2.45, 2.75) is 0 Å². The normalized spacial score (nSPS) is 10.8. The number of anilines is 1. The van der Waals surface area contributed by atoms with Gasteiger partial charge in [0, 0.05) is 21.0 Å². The third-order valence-electron chi connectivity index (χ3n) is 4.12. The fourth-order valence-electron chi connectivity index (χ4n) is 2.60. The van der Waals surface area contributed by atoms with E-state index in [0.717, 1.165) is 20.4 Å². The number of hydrogen-bond donors (Lipinski definition) is 1. The molecule has 0 radical (unpaired) electrons. The first-order valence-corrected chi connectivity index (χ1v) is 10.9. The summed E-state index contributed by atoms with van der Waals surface area (Å²) in [6, 6.07) is 14.1. The molecule has 2 heterocycles. The molecule has 0 spiro atoms. The molecule has 0 aliphatic heterocycles. The molecule has 2 aromatic heterocycles. The van der Waals surface area contributed by atoms with E-state index >= 15 is 0 Å². The number of carbonyl (C=O) groups is 1. The lowest BCUT2D eigenvalue weighted by atomic mass is 10.2. The zero-order valence-electron chi connectivity index (χ0n) is 15.0. The van der Waals surface area contributed by atoms with E-state index in [1.54, 1.807) is 24.3 Å². The average Bonchev–Trinajstić information content (AvgIpc) is 3.21. The van der Waals surface area contributed by atoms with Crippen molar-refractivity contribution in [3.63, 3.8) is 0 Å². The number of thiazole rings is 1. The Balaban J connectivity index is 1.50. The van der Waals surface area contributed by atoms with Gasteiger partial charge in [0.1, 0.15) is 5.02 Å². The highest BCUT2D eigenvalue weighted by atomic mass is 79.9. The van der Waals surface area contributed by atoms with Gasteiger partial charge in [-0.25, -0.2) is 4.98 Å². The molecule has 0 fully saturated rings. The molecule has 150 valence electrons.